The van der Waals surface area contributed by atoms with Crippen molar-refractivity contribution in [3.8, 4) is 0 Å². The highest BCUT2D eigenvalue weighted by Crippen LogP contribution is 2.48. The van der Waals surface area contributed by atoms with E-state index in [0.717, 1.165) is 18.1 Å². The Hall–Kier alpha value is -2.61. The van der Waals surface area contributed by atoms with Gasteiger partial charge in [-0.2, -0.15) is 0 Å². The van der Waals surface area contributed by atoms with E-state index in [2.05, 4.69) is 4.72 Å². The van der Waals surface area contributed by atoms with Gasteiger partial charge in [-0.1, -0.05) is 31.2 Å². The third-order valence-electron chi connectivity index (χ3n) is 4.74. The molecule has 1 heterocycles. The number of amides is 2. The Balaban J connectivity index is 1.74. The Bertz CT molecular complexity index is 978. The maximum atomic E-state index is 12.4. The second-order valence-corrected chi connectivity index (χ2v) is 8.19. The molecule has 2 amide bonds. The van der Waals surface area contributed by atoms with Crippen molar-refractivity contribution < 1.29 is 18.0 Å². The molecule has 1 saturated carbocycles. The van der Waals surface area contributed by atoms with E-state index < -0.39 is 21.8 Å². The van der Waals surface area contributed by atoms with E-state index in [1.54, 1.807) is 0 Å². The van der Waals surface area contributed by atoms with Gasteiger partial charge in [0.1, 0.15) is 10.6 Å². The maximum Gasteiger partial charge on any atom is 0.265 e. The van der Waals surface area contributed by atoms with Crippen molar-refractivity contribution in [1.82, 2.24) is 9.29 Å². The van der Waals surface area contributed by atoms with Gasteiger partial charge < -0.3 is 10.3 Å². The largest absolute Gasteiger partial charge is 0.364 e. The lowest BCUT2D eigenvalue weighted by Crippen LogP contribution is -2.32. The molecule has 1 aromatic carbocycles. The number of sulfonamides is 1. The molecule has 0 unspecified atom stereocenters. The Morgan fingerprint density at radius 3 is 2.62 bits per heavy atom. The molecule has 3 N–H and O–H groups in total. The summed E-state index contributed by atoms with van der Waals surface area (Å²) in [7, 11) is -2.54. The number of carbonyl (C=O) groups excluding carboxylic acids is 2. The van der Waals surface area contributed by atoms with Crippen LogP contribution in [0.15, 0.2) is 41.4 Å². The zero-order valence-corrected chi connectivity index (χ0v) is 15.4. The van der Waals surface area contributed by atoms with E-state index >= 15 is 0 Å². The van der Waals surface area contributed by atoms with Crippen LogP contribution in [0.25, 0.3) is 0 Å². The molecule has 1 aliphatic carbocycles. The molecule has 1 aliphatic rings. The monoisotopic (exact) mass is 375 g/mol. The van der Waals surface area contributed by atoms with Crippen molar-refractivity contribution in [2.75, 3.05) is 0 Å². The van der Waals surface area contributed by atoms with Gasteiger partial charge in [0.05, 0.1) is 0 Å². The summed E-state index contributed by atoms with van der Waals surface area (Å²) in [6, 6.07) is 9.05. The van der Waals surface area contributed by atoms with Crippen molar-refractivity contribution in [3.63, 3.8) is 0 Å². The van der Waals surface area contributed by atoms with Gasteiger partial charge in [-0.05, 0) is 36.0 Å². The molecule has 138 valence electrons. The first-order valence-electron chi connectivity index (χ1n) is 8.35. The number of hydrogen-bond donors (Lipinski definition) is 2. The molecule has 0 saturated heterocycles. The molecule has 8 heteroatoms. The summed E-state index contributed by atoms with van der Waals surface area (Å²) in [5, 5.41) is 0. The van der Waals surface area contributed by atoms with Crippen LogP contribution in [0.1, 0.15) is 40.9 Å². The second kappa shape index (κ2) is 6.60. The number of carbonyl (C=O) groups is 2. The summed E-state index contributed by atoms with van der Waals surface area (Å²) in [5.74, 6) is -1.58. The van der Waals surface area contributed by atoms with E-state index in [9.17, 15) is 18.0 Å². The molecular formula is C18H21N3O4S. The number of nitrogens with two attached hydrogens (primary N) is 1. The van der Waals surface area contributed by atoms with Crippen molar-refractivity contribution in [2.24, 2.45) is 18.7 Å². The minimum atomic E-state index is -4.05. The quantitative estimate of drug-likeness (QED) is 0.792. The highest BCUT2D eigenvalue weighted by molar-refractivity contribution is 7.90. The van der Waals surface area contributed by atoms with Crippen molar-refractivity contribution in [1.29, 1.82) is 0 Å². The lowest BCUT2D eigenvalue weighted by Gasteiger charge is -2.08. The molecule has 1 fully saturated rings. The smallest absolute Gasteiger partial charge is 0.265 e. The summed E-state index contributed by atoms with van der Waals surface area (Å²) in [5.41, 5.74) is 7.52. The minimum Gasteiger partial charge on any atom is -0.364 e. The third-order valence-corrected chi connectivity index (χ3v) is 6.05. The molecule has 7 nitrogen and oxygen atoms in total. The fourth-order valence-electron chi connectivity index (χ4n) is 3.24. The normalized spacial score (nSPS) is 19.2. The van der Waals surface area contributed by atoms with Crippen LogP contribution in [0.5, 0.6) is 0 Å². The van der Waals surface area contributed by atoms with Crippen LogP contribution in [-0.2, 0) is 28.3 Å². The van der Waals surface area contributed by atoms with Crippen molar-refractivity contribution >= 4 is 21.8 Å². The molecule has 0 aliphatic heterocycles. The van der Waals surface area contributed by atoms with E-state index in [-0.39, 0.29) is 22.4 Å². The molecule has 0 radical (unpaired) electrons. The van der Waals surface area contributed by atoms with Gasteiger partial charge in [-0.25, -0.2) is 13.1 Å². The molecular weight excluding hydrogens is 354 g/mol. The number of rotatable bonds is 6. The molecule has 0 spiro atoms. The standard InChI is InChI=1S/C18H21N3O4S/c1-3-11-6-4-5-7-13(11)14-9-15(14)18(23)20-26(24,25)12-8-16(17(19)22)21(2)10-12/h4-8,10,14-15H,3,9H2,1-2H3,(H2,19,22)(H,20,23)/t14-,15+/m0/s1. The van der Waals surface area contributed by atoms with Crippen LogP contribution in [0.2, 0.25) is 0 Å². The van der Waals surface area contributed by atoms with Crippen LogP contribution in [0, 0.1) is 5.92 Å². The van der Waals surface area contributed by atoms with Crippen LogP contribution in [0.3, 0.4) is 0 Å². The summed E-state index contributed by atoms with van der Waals surface area (Å²) < 4.78 is 28.3. The topological polar surface area (TPSA) is 111 Å². The average molecular weight is 375 g/mol. The van der Waals surface area contributed by atoms with Crippen LogP contribution in [-0.4, -0.2) is 24.8 Å². The van der Waals surface area contributed by atoms with Gasteiger partial charge in [-0.15, -0.1) is 0 Å². The van der Waals surface area contributed by atoms with Gasteiger partial charge in [0, 0.05) is 19.2 Å². The van der Waals surface area contributed by atoms with E-state index in [1.165, 1.54) is 23.4 Å². The van der Waals surface area contributed by atoms with Crippen LogP contribution in [0.4, 0.5) is 0 Å². The highest BCUT2D eigenvalue weighted by Gasteiger charge is 2.45. The Kier molecular flexibility index (Phi) is 4.62. The summed E-state index contributed by atoms with van der Waals surface area (Å²) in [4.78, 5) is 23.5. The first kappa shape index (κ1) is 18.2. The lowest BCUT2D eigenvalue weighted by molar-refractivity contribution is -0.120. The fourth-order valence-corrected chi connectivity index (χ4v) is 4.34. The highest BCUT2D eigenvalue weighted by atomic mass is 32.2. The number of primary amides is 1. The summed E-state index contributed by atoms with van der Waals surface area (Å²) in [6.07, 6.45) is 2.74. The third kappa shape index (κ3) is 3.37. The van der Waals surface area contributed by atoms with Gasteiger partial charge in [0.25, 0.3) is 15.9 Å². The zero-order chi connectivity index (χ0) is 19.1. The van der Waals surface area contributed by atoms with E-state index in [4.69, 9.17) is 5.73 Å². The van der Waals surface area contributed by atoms with Gasteiger partial charge >= 0.3 is 0 Å². The van der Waals surface area contributed by atoms with Crippen LogP contribution >= 0.6 is 0 Å². The molecule has 2 atom stereocenters. The van der Waals surface area contributed by atoms with Gasteiger partial charge in [-0.3, -0.25) is 9.59 Å². The Morgan fingerprint density at radius 1 is 1.31 bits per heavy atom. The minimum absolute atomic E-state index is 0.0401. The SMILES string of the molecule is CCc1ccccc1[C@@H]1C[C@H]1C(=O)NS(=O)(=O)c1cc(C(N)=O)n(C)c1. The van der Waals surface area contributed by atoms with Gasteiger partial charge in [0.15, 0.2) is 0 Å². The Morgan fingerprint density at radius 2 is 2.00 bits per heavy atom. The summed E-state index contributed by atoms with van der Waals surface area (Å²) >= 11 is 0. The number of benzene rings is 1. The molecule has 0 bridgehead atoms. The lowest BCUT2D eigenvalue weighted by atomic mass is 10.0. The molecule has 3 rings (SSSR count). The number of nitrogens with zero attached hydrogens (tertiary/aromatic N) is 1. The zero-order valence-electron chi connectivity index (χ0n) is 14.6. The van der Waals surface area contributed by atoms with Gasteiger partial charge in [0.2, 0.25) is 5.91 Å². The molecule has 26 heavy (non-hydrogen) atoms. The van der Waals surface area contributed by atoms with Crippen molar-refractivity contribution in [2.45, 2.75) is 30.6 Å². The predicted molar refractivity (Wildman–Crippen MR) is 95.9 cm³/mol. The van der Waals surface area contributed by atoms with E-state index in [0.29, 0.717) is 6.42 Å². The fraction of sp³-hybridized carbons (Fsp3) is 0.333. The average Bonchev–Trinajstić information content (AvgIpc) is 3.28. The first-order chi connectivity index (χ1) is 12.2. The maximum absolute atomic E-state index is 12.4. The summed E-state index contributed by atoms with van der Waals surface area (Å²) in [6.45, 7) is 2.05. The number of hydrogen-bond acceptors (Lipinski definition) is 4. The first-order valence-corrected chi connectivity index (χ1v) is 9.83. The van der Waals surface area contributed by atoms with Crippen LogP contribution < -0.4 is 10.5 Å². The number of aromatic nitrogens is 1. The second-order valence-electron chi connectivity index (χ2n) is 6.51. The number of nitrogens with one attached hydrogen (secondary N) is 1. The molecule has 1 aromatic heterocycles. The predicted octanol–water partition coefficient (Wildman–Crippen LogP) is 1.29. The van der Waals surface area contributed by atoms with E-state index in [1.807, 2.05) is 31.2 Å². The van der Waals surface area contributed by atoms with Crippen molar-refractivity contribution in [3.05, 3.63) is 53.3 Å². The molecule has 2 aromatic rings. The Labute approximate surface area is 152 Å². The number of aryl methyl sites for hydroxylation is 2.